The van der Waals surface area contributed by atoms with Gasteiger partial charge in [0.1, 0.15) is 11.6 Å². The van der Waals surface area contributed by atoms with E-state index < -0.39 is 10.0 Å². The van der Waals surface area contributed by atoms with Crippen molar-refractivity contribution in [3.8, 4) is 6.07 Å². The predicted octanol–water partition coefficient (Wildman–Crippen LogP) is 0.612. The SMILES string of the molecule is N#C/C(=C/Nc1cc(S(=O)(=O)N2CCOCC2)ccc1Cl)C(=O)N1CCNCC1. The van der Waals surface area contributed by atoms with Gasteiger partial charge in [-0.05, 0) is 18.2 Å². The van der Waals surface area contributed by atoms with Gasteiger partial charge in [0.2, 0.25) is 10.0 Å². The first kappa shape index (κ1) is 21.5. The minimum atomic E-state index is -3.69. The number of halogens is 1. The lowest BCUT2D eigenvalue weighted by molar-refractivity contribution is -0.127. The number of hydrogen-bond acceptors (Lipinski definition) is 7. The van der Waals surface area contributed by atoms with Gasteiger partial charge >= 0.3 is 0 Å². The van der Waals surface area contributed by atoms with Crippen LogP contribution in [0.25, 0.3) is 0 Å². The number of nitriles is 1. The number of nitrogens with zero attached hydrogens (tertiary/aromatic N) is 3. The molecular formula is C18H22ClN5O4S. The molecule has 0 aromatic heterocycles. The van der Waals surface area contributed by atoms with Gasteiger partial charge in [0.25, 0.3) is 5.91 Å². The number of rotatable bonds is 5. The smallest absolute Gasteiger partial charge is 0.266 e. The van der Waals surface area contributed by atoms with E-state index in [1.807, 2.05) is 6.07 Å². The normalized spacial score (nSPS) is 18.9. The summed E-state index contributed by atoms with van der Waals surface area (Å²) in [6.07, 6.45) is 1.26. The van der Waals surface area contributed by atoms with Crippen LogP contribution in [0.15, 0.2) is 34.9 Å². The van der Waals surface area contributed by atoms with E-state index in [2.05, 4.69) is 10.6 Å². The molecule has 9 nitrogen and oxygen atoms in total. The van der Waals surface area contributed by atoms with Crippen molar-refractivity contribution >= 4 is 33.2 Å². The number of sulfonamides is 1. The van der Waals surface area contributed by atoms with E-state index in [1.54, 1.807) is 4.90 Å². The summed E-state index contributed by atoms with van der Waals surface area (Å²) in [7, 11) is -3.69. The highest BCUT2D eigenvalue weighted by Crippen LogP contribution is 2.27. The van der Waals surface area contributed by atoms with E-state index in [1.165, 1.54) is 28.7 Å². The summed E-state index contributed by atoms with van der Waals surface area (Å²) in [5, 5.41) is 15.6. The molecule has 1 amide bonds. The molecule has 0 radical (unpaired) electrons. The van der Waals surface area contributed by atoms with Crippen LogP contribution in [0, 0.1) is 11.3 Å². The van der Waals surface area contributed by atoms with Crippen LogP contribution in [0.2, 0.25) is 5.02 Å². The molecule has 0 unspecified atom stereocenters. The quantitative estimate of drug-likeness (QED) is 0.510. The number of nitrogens with one attached hydrogen (secondary N) is 2. The van der Waals surface area contributed by atoms with Crippen molar-refractivity contribution < 1.29 is 17.9 Å². The molecule has 29 heavy (non-hydrogen) atoms. The second kappa shape index (κ2) is 9.56. The van der Waals surface area contributed by atoms with Gasteiger partial charge in [-0.3, -0.25) is 4.79 Å². The van der Waals surface area contributed by atoms with Crippen LogP contribution >= 0.6 is 11.6 Å². The lowest BCUT2D eigenvalue weighted by Crippen LogP contribution is -2.46. The highest BCUT2D eigenvalue weighted by Gasteiger charge is 2.27. The zero-order chi connectivity index (χ0) is 20.9. The van der Waals surface area contributed by atoms with Crippen LogP contribution in [0.4, 0.5) is 5.69 Å². The average molecular weight is 440 g/mol. The summed E-state index contributed by atoms with van der Waals surface area (Å²) in [5.74, 6) is -0.380. The molecule has 3 rings (SSSR count). The second-order valence-corrected chi connectivity index (χ2v) is 8.86. The third-order valence-corrected chi connectivity index (χ3v) is 6.90. The Balaban J connectivity index is 1.79. The largest absolute Gasteiger partial charge is 0.379 e. The van der Waals surface area contributed by atoms with E-state index in [0.29, 0.717) is 45.1 Å². The number of morpholine rings is 1. The first-order chi connectivity index (χ1) is 13.9. The monoisotopic (exact) mass is 439 g/mol. The second-order valence-electron chi connectivity index (χ2n) is 6.51. The van der Waals surface area contributed by atoms with Crippen molar-refractivity contribution in [2.45, 2.75) is 4.90 Å². The number of ether oxygens (including phenoxy) is 1. The summed E-state index contributed by atoms with van der Waals surface area (Å²) in [5.41, 5.74) is 0.214. The zero-order valence-electron chi connectivity index (χ0n) is 15.7. The predicted molar refractivity (Wildman–Crippen MR) is 108 cm³/mol. The summed E-state index contributed by atoms with van der Waals surface area (Å²) >= 11 is 6.18. The van der Waals surface area contributed by atoms with E-state index in [9.17, 15) is 18.5 Å². The van der Waals surface area contributed by atoms with E-state index in [-0.39, 0.29) is 34.5 Å². The maximum Gasteiger partial charge on any atom is 0.266 e. The molecule has 0 bridgehead atoms. The van der Waals surface area contributed by atoms with Gasteiger partial charge in [0.05, 0.1) is 28.8 Å². The molecule has 156 valence electrons. The zero-order valence-corrected chi connectivity index (χ0v) is 17.3. The number of carbonyl (C=O) groups excluding carboxylic acids is 1. The Morgan fingerprint density at radius 3 is 2.59 bits per heavy atom. The van der Waals surface area contributed by atoms with Crippen molar-refractivity contribution in [3.63, 3.8) is 0 Å². The van der Waals surface area contributed by atoms with Crippen molar-refractivity contribution in [1.82, 2.24) is 14.5 Å². The van der Waals surface area contributed by atoms with Gasteiger partial charge in [0.15, 0.2) is 0 Å². The molecule has 2 aliphatic heterocycles. The molecule has 0 spiro atoms. The number of piperazine rings is 1. The average Bonchev–Trinajstić information content (AvgIpc) is 2.76. The van der Waals surface area contributed by atoms with Crippen molar-refractivity contribution in [3.05, 3.63) is 35.0 Å². The van der Waals surface area contributed by atoms with Gasteiger partial charge in [0, 0.05) is 45.5 Å². The number of benzene rings is 1. The van der Waals surface area contributed by atoms with Crippen molar-refractivity contribution in [2.24, 2.45) is 0 Å². The molecule has 0 atom stereocenters. The lowest BCUT2D eigenvalue weighted by Gasteiger charge is -2.27. The summed E-state index contributed by atoms with van der Waals surface area (Å²) < 4.78 is 32.2. The Labute approximate surface area is 174 Å². The van der Waals surface area contributed by atoms with Crippen LogP contribution in [-0.4, -0.2) is 76.0 Å². The summed E-state index contributed by atoms with van der Waals surface area (Å²) in [4.78, 5) is 14.2. The molecule has 1 aromatic rings. The molecule has 11 heteroatoms. The number of carbonyl (C=O) groups is 1. The van der Waals surface area contributed by atoms with Gasteiger partial charge in [-0.25, -0.2) is 8.42 Å². The Bertz CT molecular complexity index is 932. The van der Waals surface area contributed by atoms with Crippen molar-refractivity contribution in [2.75, 3.05) is 57.8 Å². The van der Waals surface area contributed by atoms with E-state index in [4.69, 9.17) is 16.3 Å². The van der Waals surface area contributed by atoms with E-state index >= 15 is 0 Å². The third kappa shape index (κ3) is 5.07. The molecule has 2 heterocycles. The van der Waals surface area contributed by atoms with Crippen molar-refractivity contribution in [1.29, 1.82) is 5.26 Å². The molecule has 2 fully saturated rings. The first-order valence-electron chi connectivity index (χ1n) is 9.18. The Morgan fingerprint density at radius 1 is 1.24 bits per heavy atom. The van der Waals surface area contributed by atoms with Crippen LogP contribution in [-0.2, 0) is 19.6 Å². The van der Waals surface area contributed by atoms with E-state index in [0.717, 1.165) is 0 Å². The number of hydrogen-bond donors (Lipinski definition) is 2. The van der Waals surface area contributed by atoms with Crippen LogP contribution in [0.3, 0.4) is 0 Å². The molecule has 0 saturated carbocycles. The fraction of sp³-hybridized carbons (Fsp3) is 0.444. The topological polar surface area (TPSA) is 115 Å². The summed E-state index contributed by atoms with van der Waals surface area (Å²) in [6, 6.07) is 6.18. The van der Waals surface area contributed by atoms with Gasteiger partial charge in [-0.1, -0.05) is 11.6 Å². The highest BCUT2D eigenvalue weighted by molar-refractivity contribution is 7.89. The maximum atomic E-state index is 12.8. The highest BCUT2D eigenvalue weighted by atomic mass is 35.5. The molecule has 2 aliphatic rings. The maximum absolute atomic E-state index is 12.8. The third-order valence-electron chi connectivity index (χ3n) is 4.67. The van der Waals surface area contributed by atoms with Gasteiger partial charge in [-0.15, -0.1) is 0 Å². The van der Waals surface area contributed by atoms with Crippen LogP contribution in [0.1, 0.15) is 0 Å². The molecule has 0 aliphatic carbocycles. The summed E-state index contributed by atoms with van der Waals surface area (Å²) in [6.45, 7) is 3.64. The Morgan fingerprint density at radius 2 is 1.93 bits per heavy atom. The van der Waals surface area contributed by atoms with Crippen LogP contribution < -0.4 is 10.6 Å². The molecule has 1 aromatic carbocycles. The molecular weight excluding hydrogens is 418 g/mol. The Kier molecular flexibility index (Phi) is 7.10. The fourth-order valence-electron chi connectivity index (χ4n) is 3.04. The van der Waals surface area contributed by atoms with Crippen LogP contribution in [0.5, 0.6) is 0 Å². The molecule has 2 N–H and O–H groups in total. The molecule has 2 saturated heterocycles. The first-order valence-corrected chi connectivity index (χ1v) is 11.0. The fourth-order valence-corrected chi connectivity index (χ4v) is 4.65. The number of amides is 1. The lowest BCUT2D eigenvalue weighted by atomic mass is 10.2. The minimum absolute atomic E-state index is 0.0756. The minimum Gasteiger partial charge on any atom is -0.379 e. The van der Waals surface area contributed by atoms with Gasteiger partial charge < -0.3 is 20.3 Å². The standard InChI is InChI=1S/C18H22ClN5O4S/c19-16-2-1-15(29(26,27)24-7-9-28-10-8-24)11-17(16)22-13-14(12-20)18(25)23-5-3-21-4-6-23/h1-2,11,13,21-22H,3-10H2/b14-13-. The van der Waals surface area contributed by atoms with Gasteiger partial charge in [-0.2, -0.15) is 9.57 Å². The Hall–Kier alpha value is -2.16. The number of anilines is 1.